The number of halogens is 3. The molecule has 110 valence electrons. The van der Waals surface area contributed by atoms with Crippen LogP contribution in [-0.4, -0.2) is 46.0 Å². The van der Waals surface area contributed by atoms with Crippen LogP contribution in [0.4, 0.5) is 13.2 Å². The molecule has 1 aromatic rings. The third-order valence-corrected chi connectivity index (χ3v) is 4.16. The topological polar surface area (TPSA) is 60.8 Å². The summed E-state index contributed by atoms with van der Waals surface area (Å²) in [5, 5.41) is 17.3. The van der Waals surface area contributed by atoms with Gasteiger partial charge in [0.15, 0.2) is 17.5 Å². The molecule has 0 saturated carbocycles. The maximum Gasteiger partial charge on any atom is 0.233 e. The summed E-state index contributed by atoms with van der Waals surface area (Å²) < 4.78 is 39.9. The minimum absolute atomic E-state index is 0.0429. The van der Waals surface area contributed by atoms with Gasteiger partial charge < -0.3 is 15.1 Å². The lowest BCUT2D eigenvalue weighted by molar-refractivity contribution is -0.129. The maximum atomic E-state index is 13.8. The fourth-order valence-corrected chi connectivity index (χ4v) is 3.14. The van der Waals surface area contributed by atoms with Crippen molar-refractivity contribution in [1.82, 2.24) is 4.90 Å². The van der Waals surface area contributed by atoms with Gasteiger partial charge in [-0.2, -0.15) is 0 Å². The first-order valence-electron chi connectivity index (χ1n) is 5.79. The molecule has 4 nitrogen and oxygen atoms in total. The molecule has 1 amide bonds. The monoisotopic (exact) mass is 307 g/mol. The Morgan fingerprint density at radius 2 is 2.05 bits per heavy atom. The zero-order valence-electron chi connectivity index (χ0n) is 10.2. The highest BCUT2D eigenvalue weighted by Crippen LogP contribution is 2.40. The molecular formula is C12H12F3NO3S. The van der Waals surface area contributed by atoms with Crippen LogP contribution in [0.15, 0.2) is 12.1 Å². The quantitative estimate of drug-likeness (QED) is 0.816. The SMILES string of the molecule is O=C1CSC(c2ccc(F)c(F)c2F)N1CC(O)CO. The number of hydrogen-bond donors (Lipinski definition) is 2. The molecule has 2 rings (SSSR count). The van der Waals surface area contributed by atoms with Gasteiger partial charge in [0.2, 0.25) is 5.91 Å². The zero-order valence-corrected chi connectivity index (χ0v) is 11.0. The van der Waals surface area contributed by atoms with E-state index in [-0.39, 0.29) is 23.8 Å². The van der Waals surface area contributed by atoms with Crippen molar-refractivity contribution in [3.63, 3.8) is 0 Å². The van der Waals surface area contributed by atoms with Crippen LogP contribution in [0, 0.1) is 17.5 Å². The van der Waals surface area contributed by atoms with Crippen LogP contribution in [0.3, 0.4) is 0 Å². The van der Waals surface area contributed by atoms with Crippen molar-refractivity contribution in [2.75, 3.05) is 18.9 Å². The van der Waals surface area contributed by atoms with Crippen LogP contribution >= 0.6 is 11.8 Å². The average molecular weight is 307 g/mol. The van der Waals surface area contributed by atoms with Crippen molar-refractivity contribution in [2.45, 2.75) is 11.5 Å². The molecular weight excluding hydrogens is 295 g/mol. The number of amides is 1. The van der Waals surface area contributed by atoms with E-state index in [9.17, 15) is 23.1 Å². The lowest BCUT2D eigenvalue weighted by Crippen LogP contribution is -2.37. The van der Waals surface area contributed by atoms with Crippen LogP contribution in [0.1, 0.15) is 10.9 Å². The van der Waals surface area contributed by atoms with Gasteiger partial charge in [0.1, 0.15) is 5.37 Å². The predicted octanol–water partition coefficient (Wildman–Crippen LogP) is 1.03. The standard InChI is InChI=1S/C12H12F3NO3S/c13-8-2-1-7(10(14)11(8)15)12-16(3-6(18)4-17)9(19)5-20-12/h1-2,6,12,17-18H,3-5H2. The number of carbonyl (C=O) groups is 1. The summed E-state index contributed by atoms with van der Waals surface area (Å²) in [6.07, 6.45) is -1.17. The van der Waals surface area contributed by atoms with E-state index in [1.54, 1.807) is 0 Å². The van der Waals surface area contributed by atoms with Gasteiger partial charge in [-0.3, -0.25) is 4.79 Å². The van der Waals surface area contributed by atoms with Crippen molar-refractivity contribution in [3.8, 4) is 0 Å². The van der Waals surface area contributed by atoms with Crippen LogP contribution in [-0.2, 0) is 4.79 Å². The molecule has 20 heavy (non-hydrogen) atoms. The second-order valence-electron chi connectivity index (χ2n) is 4.31. The number of benzene rings is 1. The lowest BCUT2D eigenvalue weighted by Gasteiger charge is -2.26. The Morgan fingerprint density at radius 3 is 2.70 bits per heavy atom. The molecule has 1 fully saturated rings. The molecule has 2 N–H and O–H groups in total. The molecule has 2 atom stereocenters. The molecule has 8 heteroatoms. The number of thioether (sulfide) groups is 1. The summed E-state index contributed by atoms with van der Waals surface area (Å²) in [5.74, 6) is -4.56. The molecule has 1 heterocycles. The largest absolute Gasteiger partial charge is 0.394 e. The van der Waals surface area contributed by atoms with Crippen molar-refractivity contribution in [2.24, 2.45) is 0 Å². The molecule has 1 aliphatic heterocycles. The molecule has 0 aliphatic carbocycles. The van der Waals surface area contributed by atoms with Gasteiger partial charge in [-0.15, -0.1) is 11.8 Å². The first kappa shape index (κ1) is 15.1. The first-order chi connectivity index (χ1) is 9.45. The normalized spacial score (nSPS) is 20.6. The molecule has 1 aliphatic rings. The highest BCUT2D eigenvalue weighted by atomic mass is 32.2. The van der Waals surface area contributed by atoms with E-state index in [1.807, 2.05) is 0 Å². The Kier molecular flexibility index (Phi) is 4.56. The van der Waals surface area contributed by atoms with Gasteiger partial charge in [-0.25, -0.2) is 13.2 Å². The maximum absolute atomic E-state index is 13.8. The van der Waals surface area contributed by atoms with Gasteiger partial charge in [0.05, 0.1) is 25.0 Å². The van der Waals surface area contributed by atoms with E-state index in [4.69, 9.17) is 5.11 Å². The number of β-amino-alcohol motifs (C(OH)–C–C–N with tert-alkyl or cyclic N) is 1. The zero-order chi connectivity index (χ0) is 14.9. The summed E-state index contributed by atoms with van der Waals surface area (Å²) in [6.45, 7) is -0.757. The number of aliphatic hydroxyl groups excluding tert-OH is 2. The Labute approximate surface area is 117 Å². The second kappa shape index (κ2) is 6.02. The van der Waals surface area contributed by atoms with Gasteiger partial charge in [0.25, 0.3) is 0 Å². The number of hydrogen-bond acceptors (Lipinski definition) is 4. The highest BCUT2D eigenvalue weighted by Gasteiger charge is 2.36. The van der Waals surface area contributed by atoms with Gasteiger partial charge in [0, 0.05) is 5.56 Å². The summed E-state index contributed by atoms with van der Waals surface area (Å²) in [5.41, 5.74) is -0.162. The minimum Gasteiger partial charge on any atom is -0.394 e. The van der Waals surface area contributed by atoms with E-state index in [2.05, 4.69) is 0 Å². The summed E-state index contributed by atoms with van der Waals surface area (Å²) in [4.78, 5) is 12.8. The summed E-state index contributed by atoms with van der Waals surface area (Å²) >= 11 is 1.05. The molecule has 0 bridgehead atoms. The molecule has 0 spiro atoms. The molecule has 0 radical (unpaired) electrons. The van der Waals surface area contributed by atoms with E-state index >= 15 is 0 Å². The fraction of sp³-hybridized carbons (Fsp3) is 0.417. The number of rotatable bonds is 4. The Hall–Kier alpha value is -1.25. The van der Waals surface area contributed by atoms with Crippen LogP contribution in [0.5, 0.6) is 0 Å². The average Bonchev–Trinajstić information content (AvgIpc) is 2.78. The van der Waals surface area contributed by atoms with E-state index in [0.717, 1.165) is 28.8 Å². The highest BCUT2D eigenvalue weighted by molar-refractivity contribution is 8.00. The number of aliphatic hydroxyl groups is 2. The van der Waals surface area contributed by atoms with Crippen molar-refractivity contribution in [1.29, 1.82) is 0 Å². The van der Waals surface area contributed by atoms with Crippen molar-refractivity contribution in [3.05, 3.63) is 35.1 Å². The molecule has 0 aromatic heterocycles. The second-order valence-corrected chi connectivity index (χ2v) is 5.38. The lowest BCUT2D eigenvalue weighted by atomic mass is 10.1. The van der Waals surface area contributed by atoms with Gasteiger partial charge in [-0.1, -0.05) is 6.07 Å². The Bertz CT molecular complexity index is 529. The number of carbonyl (C=O) groups excluding carboxylic acids is 1. The van der Waals surface area contributed by atoms with Crippen LogP contribution in [0.25, 0.3) is 0 Å². The predicted molar refractivity (Wildman–Crippen MR) is 66.3 cm³/mol. The van der Waals surface area contributed by atoms with Crippen LogP contribution < -0.4 is 0 Å². The number of nitrogens with zero attached hydrogens (tertiary/aromatic N) is 1. The fourth-order valence-electron chi connectivity index (χ4n) is 1.93. The smallest absolute Gasteiger partial charge is 0.233 e. The van der Waals surface area contributed by atoms with E-state index in [1.165, 1.54) is 0 Å². The Balaban J connectivity index is 2.31. The van der Waals surface area contributed by atoms with Crippen molar-refractivity contribution >= 4 is 17.7 Å². The third-order valence-electron chi connectivity index (χ3n) is 2.92. The molecule has 1 aromatic carbocycles. The summed E-state index contributed by atoms with van der Waals surface area (Å²) in [6, 6.07) is 1.86. The van der Waals surface area contributed by atoms with Gasteiger partial charge >= 0.3 is 0 Å². The Morgan fingerprint density at radius 1 is 1.35 bits per heavy atom. The van der Waals surface area contributed by atoms with Crippen LogP contribution in [0.2, 0.25) is 0 Å². The molecule has 2 unspecified atom stereocenters. The van der Waals surface area contributed by atoms with E-state index < -0.39 is 35.5 Å². The van der Waals surface area contributed by atoms with Crippen molar-refractivity contribution < 1.29 is 28.2 Å². The molecule has 1 saturated heterocycles. The van der Waals surface area contributed by atoms with Gasteiger partial charge in [-0.05, 0) is 6.07 Å². The summed E-state index contributed by atoms with van der Waals surface area (Å²) in [7, 11) is 0. The minimum atomic E-state index is -1.59. The first-order valence-corrected chi connectivity index (χ1v) is 6.84. The van der Waals surface area contributed by atoms with E-state index in [0.29, 0.717) is 0 Å². The third kappa shape index (κ3) is 2.77.